The van der Waals surface area contributed by atoms with E-state index in [9.17, 15) is 4.79 Å². The summed E-state index contributed by atoms with van der Waals surface area (Å²) in [6.07, 6.45) is 0. The number of rotatable bonds is 1. The second kappa shape index (κ2) is 3.14. The fourth-order valence-electron chi connectivity index (χ4n) is 1.53. The van der Waals surface area contributed by atoms with Gasteiger partial charge in [0.2, 0.25) is 0 Å². The van der Waals surface area contributed by atoms with Crippen molar-refractivity contribution in [2.45, 2.75) is 13.8 Å². The summed E-state index contributed by atoms with van der Waals surface area (Å²) in [4.78, 5) is 13.3. The molecule has 1 heterocycles. The Kier molecular flexibility index (Phi) is 1.96. The summed E-state index contributed by atoms with van der Waals surface area (Å²) in [7, 11) is 0. The summed E-state index contributed by atoms with van der Waals surface area (Å²) in [6, 6.07) is 5.90. The molecule has 0 amide bonds. The van der Waals surface area contributed by atoms with Gasteiger partial charge < -0.3 is 0 Å². The molecule has 4 heteroatoms. The van der Waals surface area contributed by atoms with Crippen molar-refractivity contribution >= 4 is 0 Å². The Hall–Kier alpha value is -1.84. The average Bonchev–Trinajstić information content (AvgIpc) is 2.51. The molecule has 2 rings (SSSR count). The number of aromatic nitrogens is 2. The van der Waals surface area contributed by atoms with Gasteiger partial charge in [0, 0.05) is 5.56 Å². The van der Waals surface area contributed by atoms with Crippen LogP contribution < -0.4 is 5.76 Å². The lowest BCUT2D eigenvalue weighted by atomic mass is 10.0. The smallest absolute Gasteiger partial charge is 0.296 e. The van der Waals surface area contributed by atoms with E-state index in [0.29, 0.717) is 5.82 Å². The second-order valence-corrected chi connectivity index (χ2v) is 3.21. The number of hydrogen-bond donors (Lipinski definition) is 1. The first-order valence-corrected chi connectivity index (χ1v) is 4.31. The molecule has 0 saturated carbocycles. The number of H-pyrrole nitrogens is 1. The van der Waals surface area contributed by atoms with Crippen molar-refractivity contribution < 1.29 is 4.52 Å². The molecule has 72 valence electrons. The minimum atomic E-state index is -0.525. The van der Waals surface area contributed by atoms with Gasteiger partial charge in [-0.2, -0.15) is 0 Å². The summed E-state index contributed by atoms with van der Waals surface area (Å²) in [5.74, 6) is -0.0340. The first-order chi connectivity index (χ1) is 6.68. The Bertz CT molecular complexity index is 491. The maximum Gasteiger partial charge on any atom is 0.439 e. The van der Waals surface area contributed by atoms with E-state index >= 15 is 0 Å². The van der Waals surface area contributed by atoms with E-state index in [1.807, 2.05) is 32.0 Å². The number of nitrogens with zero attached hydrogens (tertiary/aromatic N) is 1. The third-order valence-corrected chi connectivity index (χ3v) is 2.16. The molecule has 1 N–H and O–H groups in total. The zero-order chi connectivity index (χ0) is 10.1. The quantitative estimate of drug-likeness (QED) is 0.743. The number of benzene rings is 1. The van der Waals surface area contributed by atoms with E-state index in [2.05, 4.69) is 14.7 Å². The van der Waals surface area contributed by atoms with Gasteiger partial charge in [0.05, 0.1) is 0 Å². The van der Waals surface area contributed by atoms with Gasteiger partial charge in [-0.3, -0.25) is 9.51 Å². The van der Waals surface area contributed by atoms with Crippen molar-refractivity contribution in [3.8, 4) is 11.4 Å². The lowest BCUT2D eigenvalue weighted by molar-refractivity contribution is 0.388. The first-order valence-electron chi connectivity index (χ1n) is 4.31. The van der Waals surface area contributed by atoms with Crippen molar-refractivity contribution in [1.82, 2.24) is 10.1 Å². The fourth-order valence-corrected chi connectivity index (χ4v) is 1.53. The monoisotopic (exact) mass is 190 g/mol. The Balaban J connectivity index is 2.67. The normalized spacial score (nSPS) is 10.4. The highest BCUT2D eigenvalue weighted by Gasteiger charge is 2.09. The van der Waals surface area contributed by atoms with Crippen LogP contribution in [0.15, 0.2) is 27.5 Å². The molecule has 14 heavy (non-hydrogen) atoms. The van der Waals surface area contributed by atoms with Crippen LogP contribution in [0, 0.1) is 13.8 Å². The van der Waals surface area contributed by atoms with Crippen LogP contribution in [0.1, 0.15) is 11.1 Å². The van der Waals surface area contributed by atoms with Crippen molar-refractivity contribution in [3.05, 3.63) is 39.9 Å². The van der Waals surface area contributed by atoms with Crippen LogP contribution in [0.5, 0.6) is 0 Å². The SMILES string of the molecule is Cc1cccc(C)c1-c1noc(=O)[nH]1. The van der Waals surface area contributed by atoms with Crippen molar-refractivity contribution in [2.24, 2.45) is 0 Å². The molecular formula is C10H10N2O2. The Labute approximate surface area is 80.6 Å². The van der Waals surface area contributed by atoms with Gasteiger partial charge in [-0.1, -0.05) is 23.4 Å². The van der Waals surface area contributed by atoms with E-state index in [4.69, 9.17) is 0 Å². The van der Waals surface area contributed by atoms with Gasteiger partial charge in [0.15, 0.2) is 5.82 Å². The Morgan fingerprint density at radius 3 is 2.43 bits per heavy atom. The predicted molar refractivity (Wildman–Crippen MR) is 52.0 cm³/mol. The number of nitrogens with one attached hydrogen (secondary N) is 1. The topological polar surface area (TPSA) is 58.9 Å². The predicted octanol–water partition coefficient (Wildman–Crippen LogP) is 1.65. The zero-order valence-corrected chi connectivity index (χ0v) is 8.00. The minimum absolute atomic E-state index is 0.491. The summed E-state index contributed by atoms with van der Waals surface area (Å²) < 4.78 is 4.47. The molecule has 1 aromatic carbocycles. The molecule has 0 aliphatic rings. The summed E-state index contributed by atoms with van der Waals surface area (Å²) in [5.41, 5.74) is 3.06. The van der Waals surface area contributed by atoms with Gasteiger partial charge in [-0.25, -0.2) is 4.79 Å². The first kappa shape index (κ1) is 8.74. The van der Waals surface area contributed by atoms with Gasteiger partial charge in [0.1, 0.15) is 0 Å². The Morgan fingerprint density at radius 1 is 1.29 bits per heavy atom. The molecule has 0 radical (unpaired) electrons. The lowest BCUT2D eigenvalue weighted by Crippen LogP contribution is -1.96. The minimum Gasteiger partial charge on any atom is -0.296 e. The van der Waals surface area contributed by atoms with Crippen molar-refractivity contribution in [1.29, 1.82) is 0 Å². The van der Waals surface area contributed by atoms with Crippen LogP contribution in [-0.4, -0.2) is 10.1 Å². The summed E-state index contributed by atoms with van der Waals surface area (Å²) in [5, 5.41) is 3.66. The van der Waals surface area contributed by atoms with Gasteiger partial charge >= 0.3 is 5.76 Å². The number of aromatic amines is 1. The van der Waals surface area contributed by atoms with Crippen molar-refractivity contribution in [2.75, 3.05) is 0 Å². The average molecular weight is 190 g/mol. The third-order valence-electron chi connectivity index (χ3n) is 2.16. The van der Waals surface area contributed by atoms with Crippen LogP contribution in [0.25, 0.3) is 11.4 Å². The van der Waals surface area contributed by atoms with Crippen LogP contribution in [0.3, 0.4) is 0 Å². The highest BCUT2D eigenvalue weighted by atomic mass is 16.5. The maximum atomic E-state index is 10.8. The van der Waals surface area contributed by atoms with E-state index in [1.165, 1.54) is 0 Å². The van der Waals surface area contributed by atoms with E-state index in [1.54, 1.807) is 0 Å². The molecule has 0 unspecified atom stereocenters. The molecule has 2 aromatic rings. The van der Waals surface area contributed by atoms with Crippen LogP contribution in [-0.2, 0) is 0 Å². The van der Waals surface area contributed by atoms with Crippen molar-refractivity contribution in [3.63, 3.8) is 0 Å². The van der Waals surface area contributed by atoms with E-state index < -0.39 is 5.76 Å². The molecule has 0 aliphatic heterocycles. The molecule has 0 atom stereocenters. The molecule has 1 aromatic heterocycles. The molecule has 0 fully saturated rings. The molecule has 4 nitrogen and oxygen atoms in total. The highest BCUT2D eigenvalue weighted by molar-refractivity contribution is 5.63. The Morgan fingerprint density at radius 2 is 1.93 bits per heavy atom. The van der Waals surface area contributed by atoms with Crippen LogP contribution in [0.2, 0.25) is 0 Å². The lowest BCUT2D eigenvalue weighted by Gasteiger charge is -2.04. The largest absolute Gasteiger partial charge is 0.439 e. The zero-order valence-electron chi connectivity index (χ0n) is 8.00. The molecule has 0 bridgehead atoms. The van der Waals surface area contributed by atoms with Gasteiger partial charge in [-0.15, -0.1) is 0 Å². The number of hydrogen-bond acceptors (Lipinski definition) is 3. The molecular weight excluding hydrogens is 180 g/mol. The van der Waals surface area contributed by atoms with Gasteiger partial charge in [-0.05, 0) is 25.0 Å². The fraction of sp³-hybridized carbons (Fsp3) is 0.200. The summed E-state index contributed by atoms with van der Waals surface area (Å²) >= 11 is 0. The standard InChI is InChI=1S/C10H10N2O2/c1-6-4-3-5-7(2)8(6)9-11-10(13)14-12-9/h3-5H,1-2H3,(H,11,12,13). The highest BCUT2D eigenvalue weighted by Crippen LogP contribution is 2.22. The molecule has 0 spiro atoms. The number of aryl methyl sites for hydroxylation is 2. The van der Waals surface area contributed by atoms with E-state index in [-0.39, 0.29) is 0 Å². The summed E-state index contributed by atoms with van der Waals surface area (Å²) in [6.45, 7) is 3.94. The maximum absolute atomic E-state index is 10.8. The van der Waals surface area contributed by atoms with Gasteiger partial charge in [0.25, 0.3) is 0 Å². The molecule has 0 saturated heterocycles. The molecule has 0 aliphatic carbocycles. The van der Waals surface area contributed by atoms with Crippen LogP contribution >= 0.6 is 0 Å². The van der Waals surface area contributed by atoms with E-state index in [0.717, 1.165) is 16.7 Å². The van der Waals surface area contributed by atoms with Crippen LogP contribution in [0.4, 0.5) is 0 Å². The third kappa shape index (κ3) is 1.35. The second-order valence-electron chi connectivity index (χ2n) is 3.21.